The Balaban J connectivity index is 1.97. The predicted molar refractivity (Wildman–Crippen MR) is 91.3 cm³/mol. The summed E-state index contributed by atoms with van der Waals surface area (Å²) < 4.78 is 0. The second-order valence-electron chi connectivity index (χ2n) is 6.18. The highest BCUT2D eigenvalue weighted by atomic mass is 16.4. The molecule has 0 saturated heterocycles. The molecule has 2 unspecified atom stereocenters. The van der Waals surface area contributed by atoms with E-state index in [2.05, 4.69) is 30.4 Å². The number of hydrogen-bond acceptors (Lipinski definition) is 2. The van der Waals surface area contributed by atoms with Gasteiger partial charge < -0.3 is 5.11 Å². The first kappa shape index (κ1) is 15.5. The van der Waals surface area contributed by atoms with Crippen LogP contribution < -0.4 is 5.32 Å². The summed E-state index contributed by atoms with van der Waals surface area (Å²) in [6.45, 7) is 4.09. The summed E-state index contributed by atoms with van der Waals surface area (Å²) in [6.07, 6.45) is 2.55. The second kappa shape index (κ2) is 6.39. The van der Waals surface area contributed by atoms with Crippen LogP contribution in [0, 0.1) is 13.8 Å². The van der Waals surface area contributed by atoms with Crippen molar-refractivity contribution in [2.75, 3.05) is 0 Å². The van der Waals surface area contributed by atoms with Gasteiger partial charge in [-0.3, -0.25) is 5.32 Å². The molecule has 2 atom stereocenters. The summed E-state index contributed by atoms with van der Waals surface area (Å²) in [5.41, 5.74) is 4.97. The molecule has 0 amide bonds. The lowest BCUT2D eigenvalue weighted by Gasteiger charge is -2.31. The van der Waals surface area contributed by atoms with Crippen molar-refractivity contribution in [2.24, 2.45) is 0 Å². The zero-order valence-corrected chi connectivity index (χ0v) is 13.4. The average molecular weight is 307 g/mol. The average Bonchev–Trinajstić information content (AvgIpc) is 2.54. The molecule has 0 spiro atoms. The van der Waals surface area contributed by atoms with Crippen molar-refractivity contribution in [1.82, 2.24) is 5.32 Å². The molecule has 3 rings (SSSR count). The zero-order chi connectivity index (χ0) is 16.4. The van der Waals surface area contributed by atoms with Crippen molar-refractivity contribution in [3.8, 4) is 0 Å². The number of benzene rings is 2. The molecule has 1 aliphatic rings. The van der Waals surface area contributed by atoms with E-state index >= 15 is 0 Å². The van der Waals surface area contributed by atoms with E-state index in [-0.39, 0.29) is 12.1 Å². The molecule has 3 nitrogen and oxygen atoms in total. The van der Waals surface area contributed by atoms with Crippen LogP contribution in [0.15, 0.2) is 60.2 Å². The molecule has 0 fully saturated rings. The summed E-state index contributed by atoms with van der Waals surface area (Å²) in [7, 11) is 0. The number of nitrogens with one attached hydrogen (secondary N) is 1. The number of aliphatic carboxylic acids is 1. The molecule has 2 aromatic carbocycles. The van der Waals surface area contributed by atoms with Crippen LogP contribution in [0.1, 0.15) is 40.8 Å². The molecule has 1 heterocycles. The molecule has 0 bridgehead atoms. The van der Waals surface area contributed by atoms with Crippen molar-refractivity contribution >= 4 is 5.97 Å². The molecular weight excluding hydrogens is 286 g/mol. The molecule has 2 N–H and O–H groups in total. The number of carboxylic acid groups (broad SMARTS) is 1. The number of hydrogen-bond donors (Lipinski definition) is 2. The normalized spacial score (nSPS) is 20.9. The fraction of sp³-hybridized carbons (Fsp3) is 0.250. The van der Waals surface area contributed by atoms with Gasteiger partial charge in [-0.2, -0.15) is 0 Å². The molecule has 2 aromatic rings. The standard InChI is InChI=1S/C20H21NO2/c1-13-5-3-7-15(11-13)18-10-9-17(20(22)23)19(21-18)16-8-4-6-14(2)12-16/h3-9,11-12,18-19,21H,10H2,1-2H3,(H,22,23). The molecule has 23 heavy (non-hydrogen) atoms. The highest BCUT2D eigenvalue weighted by molar-refractivity contribution is 5.88. The van der Waals surface area contributed by atoms with E-state index in [9.17, 15) is 9.90 Å². The van der Waals surface area contributed by atoms with Gasteiger partial charge in [-0.25, -0.2) is 4.79 Å². The lowest BCUT2D eigenvalue weighted by molar-refractivity contribution is -0.133. The van der Waals surface area contributed by atoms with Crippen LogP contribution in [-0.2, 0) is 4.79 Å². The number of carbonyl (C=O) groups is 1. The van der Waals surface area contributed by atoms with E-state index in [4.69, 9.17) is 0 Å². The van der Waals surface area contributed by atoms with Crippen LogP contribution in [-0.4, -0.2) is 11.1 Å². The molecule has 0 aliphatic carbocycles. The Kier molecular flexibility index (Phi) is 4.30. The summed E-state index contributed by atoms with van der Waals surface area (Å²) in [6, 6.07) is 16.2. The first-order valence-electron chi connectivity index (χ1n) is 7.87. The number of carboxylic acids is 1. The lowest BCUT2D eigenvalue weighted by atomic mass is 9.89. The molecule has 0 radical (unpaired) electrons. The largest absolute Gasteiger partial charge is 0.478 e. The van der Waals surface area contributed by atoms with E-state index in [1.165, 1.54) is 11.1 Å². The maximum absolute atomic E-state index is 11.6. The van der Waals surface area contributed by atoms with Gasteiger partial charge in [0.1, 0.15) is 0 Å². The zero-order valence-electron chi connectivity index (χ0n) is 13.4. The Hall–Kier alpha value is -2.39. The first-order chi connectivity index (χ1) is 11.0. The van der Waals surface area contributed by atoms with Crippen LogP contribution in [0.5, 0.6) is 0 Å². The fourth-order valence-corrected chi connectivity index (χ4v) is 3.18. The SMILES string of the molecule is Cc1cccc(C2CC=C(C(=O)O)C(c3cccc(C)c3)N2)c1. The van der Waals surface area contributed by atoms with E-state index in [1.54, 1.807) is 0 Å². The third-order valence-electron chi connectivity index (χ3n) is 4.32. The van der Waals surface area contributed by atoms with Gasteiger partial charge in [-0.15, -0.1) is 0 Å². The molecular formula is C20H21NO2. The molecule has 118 valence electrons. The maximum Gasteiger partial charge on any atom is 0.333 e. The highest BCUT2D eigenvalue weighted by Gasteiger charge is 2.29. The Morgan fingerprint density at radius 1 is 1.04 bits per heavy atom. The van der Waals surface area contributed by atoms with Crippen molar-refractivity contribution in [2.45, 2.75) is 32.4 Å². The van der Waals surface area contributed by atoms with Gasteiger partial charge in [0, 0.05) is 6.04 Å². The van der Waals surface area contributed by atoms with Gasteiger partial charge in [0.2, 0.25) is 0 Å². The van der Waals surface area contributed by atoms with Crippen molar-refractivity contribution in [1.29, 1.82) is 0 Å². The monoisotopic (exact) mass is 307 g/mol. The van der Waals surface area contributed by atoms with Gasteiger partial charge in [0.25, 0.3) is 0 Å². The summed E-state index contributed by atoms with van der Waals surface area (Å²) >= 11 is 0. The Labute approximate surface area is 136 Å². The fourth-order valence-electron chi connectivity index (χ4n) is 3.18. The maximum atomic E-state index is 11.6. The Bertz CT molecular complexity index is 764. The quantitative estimate of drug-likeness (QED) is 0.898. The van der Waals surface area contributed by atoms with Crippen LogP contribution in [0.4, 0.5) is 0 Å². The minimum Gasteiger partial charge on any atom is -0.478 e. The van der Waals surface area contributed by atoms with Crippen LogP contribution >= 0.6 is 0 Å². The second-order valence-corrected chi connectivity index (χ2v) is 6.18. The predicted octanol–water partition coefficient (Wildman–Crippen LogP) is 4.09. The third kappa shape index (κ3) is 3.35. The highest BCUT2D eigenvalue weighted by Crippen LogP contribution is 2.33. The van der Waals surface area contributed by atoms with Gasteiger partial charge in [0.15, 0.2) is 0 Å². The van der Waals surface area contributed by atoms with Crippen LogP contribution in [0.2, 0.25) is 0 Å². The van der Waals surface area contributed by atoms with Gasteiger partial charge in [-0.05, 0) is 31.4 Å². The third-order valence-corrected chi connectivity index (χ3v) is 4.32. The van der Waals surface area contributed by atoms with Crippen molar-refractivity contribution in [3.63, 3.8) is 0 Å². The number of aryl methyl sites for hydroxylation is 2. The van der Waals surface area contributed by atoms with E-state index in [1.807, 2.05) is 43.3 Å². The van der Waals surface area contributed by atoms with Crippen LogP contribution in [0.3, 0.4) is 0 Å². The lowest BCUT2D eigenvalue weighted by Crippen LogP contribution is -2.33. The van der Waals surface area contributed by atoms with Gasteiger partial charge in [0.05, 0.1) is 11.6 Å². The summed E-state index contributed by atoms with van der Waals surface area (Å²) in [4.78, 5) is 11.6. The van der Waals surface area contributed by atoms with E-state index in [0.717, 1.165) is 11.1 Å². The van der Waals surface area contributed by atoms with Crippen molar-refractivity contribution in [3.05, 3.63) is 82.4 Å². The van der Waals surface area contributed by atoms with E-state index < -0.39 is 5.97 Å². The number of rotatable bonds is 3. The summed E-state index contributed by atoms with van der Waals surface area (Å²) in [5, 5.41) is 13.1. The van der Waals surface area contributed by atoms with E-state index in [0.29, 0.717) is 12.0 Å². The van der Waals surface area contributed by atoms with Gasteiger partial charge >= 0.3 is 5.97 Å². The molecule has 3 heteroatoms. The molecule has 0 aromatic heterocycles. The topological polar surface area (TPSA) is 49.3 Å². The van der Waals surface area contributed by atoms with Crippen LogP contribution in [0.25, 0.3) is 0 Å². The Morgan fingerprint density at radius 2 is 1.65 bits per heavy atom. The molecule has 0 saturated carbocycles. The first-order valence-corrected chi connectivity index (χ1v) is 7.87. The smallest absolute Gasteiger partial charge is 0.333 e. The van der Waals surface area contributed by atoms with Gasteiger partial charge in [-0.1, -0.05) is 65.7 Å². The molecule has 1 aliphatic heterocycles. The Morgan fingerprint density at radius 3 is 2.26 bits per heavy atom. The van der Waals surface area contributed by atoms with Crippen molar-refractivity contribution < 1.29 is 9.90 Å². The minimum atomic E-state index is -0.855. The minimum absolute atomic E-state index is 0.128. The summed E-state index contributed by atoms with van der Waals surface area (Å²) in [5.74, 6) is -0.855.